The molecule has 0 aliphatic heterocycles. The zero-order valence-electron chi connectivity index (χ0n) is 14.5. The number of aromatic amines is 1. The van der Waals surface area contributed by atoms with E-state index in [9.17, 15) is 9.59 Å². The van der Waals surface area contributed by atoms with Crippen LogP contribution in [0.1, 0.15) is 40.0 Å². The van der Waals surface area contributed by atoms with Crippen molar-refractivity contribution in [3.8, 4) is 0 Å². The lowest BCUT2D eigenvalue weighted by Gasteiger charge is -2.19. The molecule has 0 aliphatic rings. The summed E-state index contributed by atoms with van der Waals surface area (Å²) in [6.45, 7) is 6.57. The molecular formula is C18H20N4O2S. The number of nitrogens with zero attached hydrogens (tertiary/aromatic N) is 3. The highest BCUT2D eigenvalue weighted by atomic mass is 32.1. The first-order valence-electron chi connectivity index (χ1n) is 8.27. The number of thiazole rings is 1. The Morgan fingerprint density at radius 1 is 1.24 bits per heavy atom. The van der Waals surface area contributed by atoms with Gasteiger partial charge < -0.3 is 9.88 Å². The van der Waals surface area contributed by atoms with Gasteiger partial charge >= 0.3 is 0 Å². The summed E-state index contributed by atoms with van der Waals surface area (Å²) in [4.78, 5) is 39.1. The number of aryl methyl sites for hydroxylation is 2. The number of rotatable bonds is 5. The van der Waals surface area contributed by atoms with Gasteiger partial charge in [0.05, 0.1) is 28.1 Å². The van der Waals surface area contributed by atoms with E-state index in [4.69, 9.17) is 0 Å². The van der Waals surface area contributed by atoms with E-state index in [0.717, 1.165) is 17.1 Å². The number of hydrogen-bond donors (Lipinski definition) is 1. The fourth-order valence-electron chi connectivity index (χ4n) is 2.66. The van der Waals surface area contributed by atoms with Crippen LogP contribution in [0.15, 0.2) is 29.1 Å². The van der Waals surface area contributed by atoms with Gasteiger partial charge in [-0.15, -0.1) is 11.3 Å². The number of hydrogen-bond acceptors (Lipinski definition) is 5. The fraction of sp³-hybridized carbons (Fsp3) is 0.333. The number of carbonyl (C=O) groups excluding carboxylic acids is 1. The van der Waals surface area contributed by atoms with Gasteiger partial charge in [-0.3, -0.25) is 9.59 Å². The van der Waals surface area contributed by atoms with Crippen molar-refractivity contribution >= 4 is 28.1 Å². The summed E-state index contributed by atoms with van der Waals surface area (Å²) < 4.78 is 0. The first kappa shape index (κ1) is 17.3. The average Bonchev–Trinajstić information content (AvgIpc) is 3.00. The second-order valence-electron chi connectivity index (χ2n) is 5.72. The molecule has 0 spiro atoms. The summed E-state index contributed by atoms with van der Waals surface area (Å²) in [7, 11) is 0. The lowest BCUT2D eigenvalue weighted by atomic mass is 10.2. The molecule has 1 aromatic carbocycles. The second kappa shape index (κ2) is 7.14. The lowest BCUT2D eigenvalue weighted by Crippen LogP contribution is -2.31. The van der Waals surface area contributed by atoms with Crippen LogP contribution in [0.5, 0.6) is 0 Å². The Balaban J connectivity index is 1.90. The molecule has 0 aliphatic carbocycles. The predicted molar refractivity (Wildman–Crippen MR) is 99.0 cm³/mol. The maximum absolute atomic E-state index is 12.9. The van der Waals surface area contributed by atoms with Crippen LogP contribution in [0.3, 0.4) is 0 Å². The van der Waals surface area contributed by atoms with Crippen molar-refractivity contribution < 1.29 is 4.79 Å². The highest BCUT2D eigenvalue weighted by molar-refractivity contribution is 7.13. The third kappa shape index (κ3) is 3.46. The Labute approximate surface area is 149 Å². The molecule has 3 aromatic rings. The van der Waals surface area contributed by atoms with E-state index in [0.29, 0.717) is 28.1 Å². The third-order valence-corrected chi connectivity index (χ3v) is 5.30. The number of nitrogens with one attached hydrogen (secondary N) is 1. The van der Waals surface area contributed by atoms with Gasteiger partial charge in [-0.1, -0.05) is 19.1 Å². The minimum atomic E-state index is -0.189. The minimum absolute atomic E-state index is 0.0759. The van der Waals surface area contributed by atoms with Crippen LogP contribution in [0, 0.1) is 6.92 Å². The topological polar surface area (TPSA) is 79.0 Å². The number of amides is 1. The second-order valence-corrected chi connectivity index (χ2v) is 6.81. The van der Waals surface area contributed by atoms with Crippen molar-refractivity contribution in [2.75, 3.05) is 6.54 Å². The summed E-state index contributed by atoms with van der Waals surface area (Å²) in [6.07, 6.45) is 0.810. The number of carbonyl (C=O) groups is 1. The van der Waals surface area contributed by atoms with Crippen molar-refractivity contribution in [2.45, 2.75) is 33.7 Å². The molecule has 25 heavy (non-hydrogen) atoms. The fourth-order valence-corrected chi connectivity index (χ4v) is 3.64. The highest BCUT2D eigenvalue weighted by Gasteiger charge is 2.21. The van der Waals surface area contributed by atoms with E-state index in [1.54, 1.807) is 23.1 Å². The largest absolute Gasteiger partial charge is 0.331 e. The van der Waals surface area contributed by atoms with E-state index in [1.165, 1.54) is 11.3 Å². The number of H-pyrrole nitrogens is 1. The van der Waals surface area contributed by atoms with Gasteiger partial charge in [0.25, 0.3) is 11.5 Å². The van der Waals surface area contributed by atoms with E-state index >= 15 is 0 Å². The number of aromatic nitrogens is 3. The summed E-state index contributed by atoms with van der Waals surface area (Å²) >= 11 is 1.43. The van der Waals surface area contributed by atoms with E-state index in [1.807, 2.05) is 26.8 Å². The van der Waals surface area contributed by atoms with E-state index < -0.39 is 0 Å². The predicted octanol–water partition coefficient (Wildman–Crippen LogP) is 2.91. The van der Waals surface area contributed by atoms with Crippen LogP contribution < -0.4 is 5.56 Å². The molecule has 2 aromatic heterocycles. The first-order valence-corrected chi connectivity index (χ1v) is 9.08. The molecule has 6 nitrogen and oxygen atoms in total. The van der Waals surface area contributed by atoms with Gasteiger partial charge in [-0.2, -0.15) is 0 Å². The summed E-state index contributed by atoms with van der Waals surface area (Å²) in [6, 6.07) is 7.18. The quantitative estimate of drug-likeness (QED) is 0.762. The molecule has 7 heteroatoms. The van der Waals surface area contributed by atoms with Crippen LogP contribution in [0.25, 0.3) is 10.9 Å². The van der Waals surface area contributed by atoms with Gasteiger partial charge in [0.2, 0.25) is 0 Å². The molecular weight excluding hydrogens is 336 g/mol. The van der Waals surface area contributed by atoms with Crippen LogP contribution in [-0.4, -0.2) is 32.3 Å². The summed E-state index contributed by atoms with van der Waals surface area (Å²) in [5.74, 6) is 0.407. The van der Waals surface area contributed by atoms with Gasteiger partial charge in [0.15, 0.2) is 0 Å². The zero-order chi connectivity index (χ0) is 18.0. The first-order chi connectivity index (χ1) is 12.0. The van der Waals surface area contributed by atoms with Crippen molar-refractivity contribution in [1.29, 1.82) is 0 Å². The van der Waals surface area contributed by atoms with Gasteiger partial charge in [0, 0.05) is 6.54 Å². The number of benzene rings is 1. The zero-order valence-corrected chi connectivity index (χ0v) is 15.3. The average molecular weight is 356 g/mol. The molecule has 2 heterocycles. The molecule has 0 unspecified atom stereocenters. The Hall–Kier alpha value is -2.54. The highest BCUT2D eigenvalue weighted by Crippen LogP contribution is 2.21. The van der Waals surface area contributed by atoms with Crippen molar-refractivity contribution in [2.24, 2.45) is 0 Å². The van der Waals surface area contributed by atoms with E-state index in [2.05, 4.69) is 15.0 Å². The van der Waals surface area contributed by atoms with Crippen LogP contribution in [-0.2, 0) is 13.0 Å². The summed E-state index contributed by atoms with van der Waals surface area (Å²) in [5, 5.41) is 1.50. The van der Waals surface area contributed by atoms with E-state index in [-0.39, 0.29) is 18.0 Å². The SMILES string of the molecule is CCc1nc(C)c(C(=O)N(CC)Cc2nc3ccccc3c(=O)[nH]2)s1. The Morgan fingerprint density at radius 3 is 2.68 bits per heavy atom. The monoisotopic (exact) mass is 356 g/mol. The molecule has 0 fully saturated rings. The van der Waals surface area contributed by atoms with Gasteiger partial charge in [0.1, 0.15) is 10.7 Å². The van der Waals surface area contributed by atoms with Crippen LogP contribution in [0.2, 0.25) is 0 Å². The van der Waals surface area contributed by atoms with Crippen molar-refractivity contribution in [3.63, 3.8) is 0 Å². The Morgan fingerprint density at radius 2 is 2.00 bits per heavy atom. The molecule has 1 amide bonds. The standard InChI is InChI=1S/C18H20N4O2S/c1-4-15-19-11(3)16(25-15)18(24)22(5-2)10-14-20-13-9-7-6-8-12(13)17(23)21-14/h6-9H,4-5,10H2,1-3H3,(H,20,21,23). The molecule has 0 radical (unpaired) electrons. The van der Waals surface area contributed by atoms with Crippen LogP contribution in [0.4, 0.5) is 0 Å². The van der Waals surface area contributed by atoms with Gasteiger partial charge in [-0.25, -0.2) is 9.97 Å². The third-order valence-electron chi connectivity index (χ3n) is 4.01. The Kier molecular flexibility index (Phi) is 4.94. The molecule has 0 atom stereocenters. The normalized spacial score (nSPS) is 11.0. The molecule has 0 bridgehead atoms. The van der Waals surface area contributed by atoms with Crippen LogP contribution >= 0.6 is 11.3 Å². The Bertz CT molecular complexity index is 977. The molecule has 0 saturated carbocycles. The van der Waals surface area contributed by atoms with Gasteiger partial charge in [-0.05, 0) is 32.4 Å². The maximum Gasteiger partial charge on any atom is 0.266 e. The smallest absolute Gasteiger partial charge is 0.266 e. The van der Waals surface area contributed by atoms with Crippen molar-refractivity contribution in [3.05, 3.63) is 56.0 Å². The maximum atomic E-state index is 12.9. The number of para-hydroxylation sites is 1. The minimum Gasteiger partial charge on any atom is -0.331 e. The number of fused-ring (bicyclic) bond motifs is 1. The molecule has 130 valence electrons. The molecule has 0 saturated heterocycles. The molecule has 1 N–H and O–H groups in total. The summed E-state index contributed by atoms with van der Waals surface area (Å²) in [5.41, 5.74) is 1.20. The van der Waals surface area contributed by atoms with Crippen molar-refractivity contribution in [1.82, 2.24) is 19.9 Å². The lowest BCUT2D eigenvalue weighted by molar-refractivity contribution is 0.0752. The molecule has 3 rings (SSSR count).